The second-order valence-electron chi connectivity index (χ2n) is 5.58. The zero-order valence-corrected chi connectivity index (χ0v) is 13.3. The number of amides is 1. The summed E-state index contributed by atoms with van der Waals surface area (Å²) in [7, 11) is 0. The Labute approximate surface area is 131 Å². The third-order valence-corrected chi connectivity index (χ3v) is 4.16. The Hall–Kier alpha value is -1.13. The summed E-state index contributed by atoms with van der Waals surface area (Å²) in [6.45, 7) is 2.44. The van der Waals surface area contributed by atoms with Crippen molar-refractivity contribution in [2.45, 2.75) is 51.5 Å². The first kappa shape index (κ1) is 16.2. The van der Waals surface area contributed by atoms with Crippen molar-refractivity contribution in [2.24, 2.45) is 0 Å². The van der Waals surface area contributed by atoms with Crippen molar-refractivity contribution < 1.29 is 9.90 Å². The summed E-state index contributed by atoms with van der Waals surface area (Å²) >= 11 is 6.04. The number of aliphatic hydroxyl groups is 1. The Morgan fingerprint density at radius 1 is 1.43 bits per heavy atom. The molecule has 1 aliphatic rings. The summed E-state index contributed by atoms with van der Waals surface area (Å²) in [4.78, 5) is 18.8. The molecule has 2 rings (SSSR count). The van der Waals surface area contributed by atoms with Gasteiger partial charge in [0.05, 0.1) is 6.61 Å². The quantitative estimate of drug-likeness (QED) is 0.822. The first-order chi connectivity index (χ1) is 10.2. The number of nitrogens with zero attached hydrogens (tertiary/aromatic N) is 2. The predicted octanol–water partition coefficient (Wildman–Crippen LogP) is 3.06. The van der Waals surface area contributed by atoms with E-state index in [0.29, 0.717) is 17.3 Å². The highest BCUT2D eigenvalue weighted by Crippen LogP contribution is 2.25. The molecule has 0 atom stereocenters. The van der Waals surface area contributed by atoms with Gasteiger partial charge >= 0.3 is 0 Å². The number of hydrogen-bond donors (Lipinski definition) is 1. The third kappa shape index (κ3) is 4.17. The van der Waals surface area contributed by atoms with Crippen molar-refractivity contribution in [3.63, 3.8) is 0 Å². The number of rotatable bonds is 6. The summed E-state index contributed by atoms with van der Waals surface area (Å²) in [5, 5.41) is 9.61. The molecule has 1 aliphatic carbocycles. The van der Waals surface area contributed by atoms with Crippen LogP contribution in [0.15, 0.2) is 12.1 Å². The van der Waals surface area contributed by atoms with E-state index in [1.54, 1.807) is 11.0 Å². The SMILES string of the molecule is CCCc1cc(C(=O)N(CCO)C2CCCC2)cc(Cl)n1. The maximum absolute atomic E-state index is 12.8. The normalized spacial score (nSPS) is 15.4. The molecule has 1 N–H and O–H groups in total. The van der Waals surface area contributed by atoms with E-state index in [9.17, 15) is 9.90 Å². The second-order valence-corrected chi connectivity index (χ2v) is 5.97. The molecule has 0 aliphatic heterocycles. The third-order valence-electron chi connectivity index (χ3n) is 3.97. The number of pyridine rings is 1. The fraction of sp³-hybridized carbons (Fsp3) is 0.625. The maximum Gasteiger partial charge on any atom is 0.254 e. The Kier molecular flexibility index (Phi) is 6.00. The zero-order chi connectivity index (χ0) is 15.2. The fourth-order valence-electron chi connectivity index (χ4n) is 3.00. The molecule has 1 amide bonds. The van der Waals surface area contributed by atoms with Crippen LogP contribution in [0.1, 0.15) is 55.1 Å². The molecule has 0 aromatic carbocycles. The van der Waals surface area contributed by atoms with Crippen molar-refractivity contribution in [1.29, 1.82) is 0 Å². The smallest absolute Gasteiger partial charge is 0.254 e. The number of aromatic nitrogens is 1. The number of aryl methyl sites for hydroxylation is 1. The summed E-state index contributed by atoms with van der Waals surface area (Å²) in [6, 6.07) is 3.70. The lowest BCUT2D eigenvalue weighted by Crippen LogP contribution is -2.40. The summed E-state index contributed by atoms with van der Waals surface area (Å²) in [5.74, 6) is -0.0439. The summed E-state index contributed by atoms with van der Waals surface area (Å²) in [5.41, 5.74) is 1.43. The number of aliphatic hydroxyl groups excluding tert-OH is 1. The van der Waals surface area contributed by atoms with Gasteiger partial charge in [-0.1, -0.05) is 37.8 Å². The van der Waals surface area contributed by atoms with Crippen LogP contribution in [0.4, 0.5) is 0 Å². The minimum Gasteiger partial charge on any atom is -0.395 e. The second kappa shape index (κ2) is 7.76. The standard InChI is InChI=1S/C16H23ClN2O2/c1-2-5-13-10-12(11-15(17)18-13)16(21)19(8-9-20)14-6-3-4-7-14/h10-11,14,20H,2-9H2,1H3. The molecule has 21 heavy (non-hydrogen) atoms. The Morgan fingerprint density at radius 3 is 2.76 bits per heavy atom. The van der Waals surface area contributed by atoms with E-state index in [2.05, 4.69) is 11.9 Å². The van der Waals surface area contributed by atoms with Gasteiger partial charge in [0.1, 0.15) is 5.15 Å². The highest BCUT2D eigenvalue weighted by Gasteiger charge is 2.27. The molecule has 1 aromatic heterocycles. The molecule has 0 radical (unpaired) electrons. The molecule has 1 heterocycles. The van der Waals surface area contributed by atoms with E-state index in [1.807, 2.05) is 6.07 Å². The molecule has 0 saturated heterocycles. The van der Waals surface area contributed by atoms with Crippen LogP contribution in [0.25, 0.3) is 0 Å². The maximum atomic E-state index is 12.8. The number of carbonyl (C=O) groups is 1. The number of hydrogen-bond acceptors (Lipinski definition) is 3. The topological polar surface area (TPSA) is 53.4 Å². The molecule has 1 aromatic rings. The van der Waals surface area contributed by atoms with E-state index in [1.165, 1.54) is 0 Å². The molecular formula is C16H23ClN2O2. The van der Waals surface area contributed by atoms with Gasteiger partial charge in [0.25, 0.3) is 5.91 Å². The lowest BCUT2D eigenvalue weighted by molar-refractivity contribution is 0.0638. The van der Waals surface area contributed by atoms with Gasteiger partial charge in [-0.25, -0.2) is 4.98 Å². The van der Waals surface area contributed by atoms with E-state index >= 15 is 0 Å². The fourth-order valence-corrected chi connectivity index (χ4v) is 3.22. The lowest BCUT2D eigenvalue weighted by atomic mass is 10.1. The van der Waals surface area contributed by atoms with Gasteiger partial charge in [0, 0.05) is 23.8 Å². The van der Waals surface area contributed by atoms with Gasteiger partial charge < -0.3 is 10.0 Å². The Morgan fingerprint density at radius 2 is 2.14 bits per heavy atom. The van der Waals surface area contributed by atoms with Crippen molar-refractivity contribution in [1.82, 2.24) is 9.88 Å². The largest absolute Gasteiger partial charge is 0.395 e. The Bertz CT molecular complexity index is 487. The Balaban J connectivity index is 2.22. The van der Waals surface area contributed by atoms with Crippen molar-refractivity contribution in [3.05, 3.63) is 28.5 Å². The monoisotopic (exact) mass is 310 g/mol. The molecule has 116 valence electrons. The van der Waals surface area contributed by atoms with E-state index in [0.717, 1.165) is 44.2 Å². The minimum atomic E-state index is -0.0439. The van der Waals surface area contributed by atoms with E-state index in [4.69, 9.17) is 11.6 Å². The van der Waals surface area contributed by atoms with Gasteiger partial charge in [-0.2, -0.15) is 0 Å². The van der Waals surface area contributed by atoms with Gasteiger partial charge in [0.15, 0.2) is 0 Å². The summed E-state index contributed by atoms with van der Waals surface area (Å²) in [6.07, 6.45) is 6.11. The van der Waals surface area contributed by atoms with Crippen LogP contribution in [0.3, 0.4) is 0 Å². The van der Waals surface area contributed by atoms with Gasteiger partial charge in [-0.05, 0) is 31.4 Å². The van der Waals surface area contributed by atoms with Crippen LogP contribution in [-0.4, -0.2) is 40.1 Å². The van der Waals surface area contributed by atoms with E-state index in [-0.39, 0.29) is 18.6 Å². The van der Waals surface area contributed by atoms with Gasteiger partial charge in [0.2, 0.25) is 0 Å². The highest BCUT2D eigenvalue weighted by atomic mass is 35.5. The van der Waals surface area contributed by atoms with Crippen LogP contribution in [0, 0.1) is 0 Å². The first-order valence-electron chi connectivity index (χ1n) is 7.74. The molecule has 4 nitrogen and oxygen atoms in total. The van der Waals surface area contributed by atoms with Crippen molar-refractivity contribution >= 4 is 17.5 Å². The molecule has 0 bridgehead atoms. The number of halogens is 1. The highest BCUT2D eigenvalue weighted by molar-refractivity contribution is 6.29. The average molecular weight is 311 g/mol. The van der Waals surface area contributed by atoms with Crippen LogP contribution in [0.5, 0.6) is 0 Å². The molecule has 1 fully saturated rings. The van der Waals surface area contributed by atoms with Crippen LogP contribution in [0.2, 0.25) is 5.15 Å². The van der Waals surface area contributed by atoms with Gasteiger partial charge in [-0.3, -0.25) is 4.79 Å². The average Bonchev–Trinajstić information content (AvgIpc) is 2.97. The molecule has 0 unspecified atom stereocenters. The van der Waals surface area contributed by atoms with Crippen molar-refractivity contribution in [2.75, 3.05) is 13.2 Å². The lowest BCUT2D eigenvalue weighted by Gasteiger charge is -2.28. The molecule has 0 spiro atoms. The molecule has 5 heteroatoms. The van der Waals surface area contributed by atoms with Gasteiger partial charge in [-0.15, -0.1) is 0 Å². The van der Waals surface area contributed by atoms with Crippen LogP contribution < -0.4 is 0 Å². The predicted molar refractivity (Wildman–Crippen MR) is 83.6 cm³/mol. The van der Waals surface area contributed by atoms with Crippen LogP contribution >= 0.6 is 11.6 Å². The number of carbonyl (C=O) groups excluding carboxylic acids is 1. The first-order valence-corrected chi connectivity index (χ1v) is 8.11. The zero-order valence-electron chi connectivity index (χ0n) is 12.5. The summed E-state index contributed by atoms with van der Waals surface area (Å²) < 4.78 is 0. The molecular weight excluding hydrogens is 288 g/mol. The minimum absolute atomic E-state index is 0.0110. The van der Waals surface area contributed by atoms with Crippen molar-refractivity contribution in [3.8, 4) is 0 Å². The van der Waals surface area contributed by atoms with Crippen LogP contribution in [-0.2, 0) is 6.42 Å². The molecule has 1 saturated carbocycles. The van der Waals surface area contributed by atoms with E-state index < -0.39 is 0 Å².